The van der Waals surface area contributed by atoms with Gasteiger partial charge in [-0.15, -0.1) is 0 Å². The van der Waals surface area contributed by atoms with E-state index in [1.54, 1.807) is 0 Å². The minimum atomic E-state index is -4.28. The Kier molecular flexibility index (Phi) is 6.45. The van der Waals surface area contributed by atoms with Crippen LogP contribution in [0.1, 0.15) is 31.9 Å². The van der Waals surface area contributed by atoms with Crippen LogP contribution in [-0.2, 0) is 14.8 Å². The van der Waals surface area contributed by atoms with Gasteiger partial charge in [0, 0.05) is 18.1 Å². The summed E-state index contributed by atoms with van der Waals surface area (Å²) in [5.74, 6) is 0.219. The largest absolute Gasteiger partial charge is 0.487 e. The molecule has 2 heterocycles. The second-order valence-corrected chi connectivity index (χ2v) is 11.4. The molecule has 2 aliphatic heterocycles. The molecule has 1 N–H and O–H groups in total. The Hall–Kier alpha value is -3.79. The van der Waals surface area contributed by atoms with Gasteiger partial charge in [0.2, 0.25) is 5.91 Å². The Morgan fingerprint density at radius 1 is 1.00 bits per heavy atom. The maximum atomic E-state index is 14.1. The van der Waals surface area contributed by atoms with E-state index < -0.39 is 33.9 Å². The molecule has 5 rings (SSSR count). The Morgan fingerprint density at radius 2 is 1.76 bits per heavy atom. The first-order valence-electron chi connectivity index (χ1n) is 11.9. The average Bonchev–Trinajstić information content (AvgIpc) is 2.86. The molecule has 1 atom stereocenters. The van der Waals surface area contributed by atoms with E-state index in [-0.39, 0.29) is 29.0 Å². The van der Waals surface area contributed by atoms with Gasteiger partial charge in [0.05, 0.1) is 16.6 Å². The van der Waals surface area contributed by atoms with Gasteiger partial charge in [-0.05, 0) is 50.2 Å². The van der Waals surface area contributed by atoms with E-state index in [4.69, 9.17) is 14.2 Å². The molecule has 0 aliphatic carbocycles. The van der Waals surface area contributed by atoms with Crippen molar-refractivity contribution in [2.24, 2.45) is 0 Å². The van der Waals surface area contributed by atoms with Crippen molar-refractivity contribution in [1.82, 2.24) is 5.32 Å². The van der Waals surface area contributed by atoms with E-state index in [1.807, 2.05) is 38.1 Å². The average molecular weight is 527 g/mol. The molecule has 3 aromatic rings. The second kappa shape index (κ2) is 9.59. The maximum Gasteiger partial charge on any atom is 0.264 e. The molecular formula is C27H27FN2O6S. The minimum Gasteiger partial charge on any atom is -0.487 e. The molecule has 2 aliphatic rings. The number of amides is 1. The van der Waals surface area contributed by atoms with E-state index in [1.165, 1.54) is 36.4 Å². The van der Waals surface area contributed by atoms with Crippen molar-refractivity contribution >= 4 is 21.6 Å². The summed E-state index contributed by atoms with van der Waals surface area (Å²) in [5.41, 5.74) is 0.297. The fourth-order valence-corrected chi connectivity index (χ4v) is 5.99. The number of carbonyl (C=O) groups is 1. The number of sulfonamides is 1. The number of ether oxygens (including phenoxy) is 3. The number of halogens is 1. The smallest absolute Gasteiger partial charge is 0.264 e. The first kappa shape index (κ1) is 24.9. The summed E-state index contributed by atoms with van der Waals surface area (Å²) in [7, 11) is -4.28. The molecule has 0 saturated carbocycles. The van der Waals surface area contributed by atoms with Crippen molar-refractivity contribution in [2.45, 2.75) is 36.8 Å². The van der Waals surface area contributed by atoms with Crippen LogP contribution in [-0.4, -0.2) is 39.7 Å². The van der Waals surface area contributed by atoms with Crippen LogP contribution in [0, 0.1) is 5.82 Å². The first-order valence-corrected chi connectivity index (χ1v) is 13.3. The normalized spacial score (nSPS) is 17.8. The molecule has 0 bridgehead atoms. The third-order valence-corrected chi connectivity index (χ3v) is 7.97. The van der Waals surface area contributed by atoms with Gasteiger partial charge in [-0.1, -0.05) is 24.3 Å². The quantitative estimate of drug-likeness (QED) is 0.517. The Morgan fingerprint density at radius 3 is 2.54 bits per heavy atom. The zero-order chi connectivity index (χ0) is 26.2. The maximum absolute atomic E-state index is 14.1. The number of anilines is 1. The number of hydrogen-bond acceptors (Lipinski definition) is 6. The molecular weight excluding hydrogens is 499 g/mol. The van der Waals surface area contributed by atoms with Crippen LogP contribution in [0.4, 0.5) is 10.1 Å². The zero-order valence-electron chi connectivity index (χ0n) is 20.4. The predicted molar refractivity (Wildman–Crippen MR) is 135 cm³/mol. The van der Waals surface area contributed by atoms with E-state index >= 15 is 0 Å². The first-order chi connectivity index (χ1) is 17.6. The number of para-hydroxylation sites is 1. The second-order valence-electron chi connectivity index (χ2n) is 9.52. The molecule has 8 nitrogen and oxygen atoms in total. The number of benzene rings is 3. The van der Waals surface area contributed by atoms with Crippen LogP contribution in [0.15, 0.2) is 71.6 Å². The van der Waals surface area contributed by atoms with Crippen LogP contribution in [0.2, 0.25) is 0 Å². The SMILES string of the molecule is CC1(C)CC(NC(=O)CN(c2cccc(F)c2)S(=O)(=O)c2ccc3c(c2)OCCO3)c2ccccc2O1. The van der Waals surface area contributed by atoms with Gasteiger partial charge in [-0.2, -0.15) is 0 Å². The van der Waals surface area contributed by atoms with Crippen LogP contribution in [0.5, 0.6) is 17.2 Å². The van der Waals surface area contributed by atoms with Crippen molar-refractivity contribution in [3.05, 3.63) is 78.1 Å². The van der Waals surface area contributed by atoms with Gasteiger partial charge in [0.25, 0.3) is 10.0 Å². The minimum absolute atomic E-state index is 0.0257. The topological polar surface area (TPSA) is 94.2 Å². The lowest BCUT2D eigenvalue weighted by Gasteiger charge is -2.38. The number of hydrogen-bond donors (Lipinski definition) is 1. The highest BCUT2D eigenvalue weighted by Gasteiger charge is 2.35. The lowest BCUT2D eigenvalue weighted by atomic mass is 9.89. The molecule has 3 aromatic carbocycles. The molecule has 37 heavy (non-hydrogen) atoms. The number of nitrogens with zero attached hydrogens (tertiary/aromatic N) is 1. The van der Waals surface area contributed by atoms with Gasteiger partial charge >= 0.3 is 0 Å². The highest BCUT2D eigenvalue weighted by atomic mass is 32.2. The standard InChI is InChI=1S/C27H27FN2O6S/c1-27(2)16-22(21-8-3-4-9-23(21)36-27)29-26(31)17-30(19-7-5-6-18(28)14-19)37(32,33)20-10-11-24-25(15-20)35-13-12-34-24/h3-11,14-15,22H,12-13,16-17H2,1-2H3,(H,29,31). The van der Waals surface area contributed by atoms with Crippen LogP contribution < -0.4 is 23.8 Å². The van der Waals surface area contributed by atoms with Gasteiger partial charge in [0.1, 0.15) is 36.9 Å². The number of fused-ring (bicyclic) bond motifs is 2. The summed E-state index contributed by atoms with van der Waals surface area (Å²) in [4.78, 5) is 13.2. The highest BCUT2D eigenvalue weighted by Crippen LogP contribution is 2.39. The van der Waals surface area contributed by atoms with Crippen LogP contribution in [0.3, 0.4) is 0 Å². The highest BCUT2D eigenvalue weighted by molar-refractivity contribution is 7.92. The molecule has 0 fully saturated rings. The van der Waals surface area contributed by atoms with Gasteiger partial charge in [-0.25, -0.2) is 12.8 Å². The van der Waals surface area contributed by atoms with Gasteiger partial charge in [0.15, 0.2) is 11.5 Å². The summed E-state index contributed by atoms with van der Waals surface area (Å²) in [6.45, 7) is 3.94. The van der Waals surface area contributed by atoms with Crippen LogP contribution in [0.25, 0.3) is 0 Å². The van der Waals surface area contributed by atoms with Crippen LogP contribution >= 0.6 is 0 Å². The number of rotatable bonds is 6. The van der Waals surface area contributed by atoms with Crippen molar-refractivity contribution in [2.75, 3.05) is 24.1 Å². The van der Waals surface area contributed by atoms with E-state index in [0.717, 1.165) is 15.9 Å². The third-order valence-electron chi connectivity index (χ3n) is 6.20. The number of carbonyl (C=O) groups excluding carboxylic acids is 1. The molecule has 0 aromatic heterocycles. The fourth-order valence-electron chi connectivity index (χ4n) is 4.56. The fraction of sp³-hybridized carbons (Fsp3) is 0.296. The molecule has 0 radical (unpaired) electrons. The van der Waals surface area contributed by atoms with E-state index in [0.29, 0.717) is 24.5 Å². The Bertz CT molecular complexity index is 1440. The van der Waals surface area contributed by atoms with Crippen molar-refractivity contribution in [1.29, 1.82) is 0 Å². The molecule has 10 heteroatoms. The zero-order valence-corrected chi connectivity index (χ0v) is 21.3. The van der Waals surface area contributed by atoms with Crippen molar-refractivity contribution in [3.8, 4) is 17.2 Å². The van der Waals surface area contributed by atoms with Gasteiger partial charge < -0.3 is 19.5 Å². The van der Waals surface area contributed by atoms with E-state index in [9.17, 15) is 17.6 Å². The lowest BCUT2D eigenvalue weighted by Crippen LogP contribution is -2.45. The monoisotopic (exact) mass is 526 g/mol. The summed E-state index contributed by atoms with van der Waals surface area (Å²) in [6, 6.07) is 16.4. The molecule has 1 amide bonds. The van der Waals surface area contributed by atoms with Crippen molar-refractivity contribution in [3.63, 3.8) is 0 Å². The molecule has 0 spiro atoms. The Balaban J connectivity index is 1.46. The van der Waals surface area contributed by atoms with Gasteiger partial charge in [-0.3, -0.25) is 9.10 Å². The molecule has 0 saturated heterocycles. The predicted octanol–water partition coefficient (Wildman–Crippen LogP) is 4.21. The summed E-state index contributed by atoms with van der Waals surface area (Å²) < 4.78 is 59.6. The number of nitrogens with one attached hydrogen (secondary N) is 1. The lowest BCUT2D eigenvalue weighted by molar-refractivity contribution is -0.120. The summed E-state index contributed by atoms with van der Waals surface area (Å²) in [5, 5.41) is 2.96. The van der Waals surface area contributed by atoms with Crippen molar-refractivity contribution < 1.29 is 31.8 Å². The summed E-state index contributed by atoms with van der Waals surface area (Å²) in [6.07, 6.45) is 0.491. The molecule has 194 valence electrons. The Labute approximate surface area is 215 Å². The third kappa shape index (κ3) is 5.20. The van der Waals surface area contributed by atoms with E-state index in [2.05, 4.69) is 5.32 Å². The molecule has 1 unspecified atom stereocenters. The summed E-state index contributed by atoms with van der Waals surface area (Å²) >= 11 is 0.